The Balaban J connectivity index is -0.00000127. The average Bonchev–Trinajstić information content (AvgIpc) is 3.31. The molecule has 1 saturated carbocycles. The maximum atomic E-state index is 11.5. The molecule has 6 heteroatoms. The number of nitrogens with two attached hydrogens (primary N) is 2. The highest BCUT2D eigenvalue weighted by Crippen LogP contribution is 2.39. The van der Waals surface area contributed by atoms with Crippen LogP contribution >= 0.6 is 0 Å². The Morgan fingerprint density at radius 1 is 1.17 bits per heavy atom. The second-order valence-electron chi connectivity index (χ2n) is 5.98. The van der Waals surface area contributed by atoms with E-state index in [1.165, 1.54) is 0 Å². The summed E-state index contributed by atoms with van der Waals surface area (Å²) in [5, 5.41) is 2.56. The molecular formula is C18H37N3O3. The van der Waals surface area contributed by atoms with E-state index in [0.29, 0.717) is 12.3 Å². The third-order valence-corrected chi connectivity index (χ3v) is 3.92. The first kappa shape index (κ1) is 22.1. The van der Waals surface area contributed by atoms with Crippen LogP contribution in [0.2, 0.25) is 0 Å². The molecule has 0 unspecified atom stereocenters. The minimum atomic E-state index is -0.607. The molecule has 6 nitrogen and oxygen atoms in total. The molecule has 1 rings (SSSR count). The van der Waals surface area contributed by atoms with E-state index in [2.05, 4.69) is 17.5 Å². The van der Waals surface area contributed by atoms with Crippen LogP contribution in [0.4, 0.5) is 0 Å². The predicted molar refractivity (Wildman–Crippen MR) is 100 cm³/mol. The fourth-order valence-corrected chi connectivity index (χ4v) is 2.31. The lowest BCUT2D eigenvalue weighted by Gasteiger charge is -2.09. The highest BCUT2D eigenvalue weighted by Gasteiger charge is 2.39. The van der Waals surface area contributed by atoms with Gasteiger partial charge in [-0.05, 0) is 38.5 Å². The number of primary amides is 2. The van der Waals surface area contributed by atoms with Gasteiger partial charge in [0, 0.05) is 15.2 Å². The quantitative estimate of drug-likeness (QED) is 0.395. The fraction of sp³-hybridized carbons (Fsp3) is 0.722. The van der Waals surface area contributed by atoms with Crippen LogP contribution in [0.15, 0.2) is 12.2 Å². The normalized spacial score (nSPS) is 20.0. The first-order valence-corrected chi connectivity index (χ1v) is 8.96. The van der Waals surface area contributed by atoms with Crippen LogP contribution in [0.1, 0.15) is 68.6 Å². The van der Waals surface area contributed by atoms with Crippen molar-refractivity contribution in [2.24, 2.45) is 23.3 Å². The van der Waals surface area contributed by atoms with Crippen molar-refractivity contribution in [3.05, 3.63) is 12.2 Å². The average molecular weight is 344 g/mol. The zero-order chi connectivity index (χ0) is 18.5. The van der Waals surface area contributed by atoms with Gasteiger partial charge in [0.15, 0.2) is 0 Å². The standard InChI is InChI=1S/C16H27N3O3.C2H6.2H2/c1-11(15(17)21)19-14(20)9-7-5-3-2-4-6-8-12-10-13(12)16(18)22;1-2;;/h6,8,11-13H,2-5,7,9-10H2,1H3,(H2,17,21)(H2,18,22)(H,19,20);1-2H3;2*1H/b8-6-;;;/t11-,12+,13-;;;/m0.../s1. The van der Waals surface area contributed by atoms with Gasteiger partial charge in [-0.1, -0.05) is 38.8 Å². The first-order valence-electron chi connectivity index (χ1n) is 8.96. The monoisotopic (exact) mass is 343 g/mol. The molecule has 0 bridgehead atoms. The summed E-state index contributed by atoms with van der Waals surface area (Å²) in [4.78, 5) is 33.2. The lowest BCUT2D eigenvalue weighted by Crippen LogP contribution is -2.42. The summed E-state index contributed by atoms with van der Waals surface area (Å²) in [7, 11) is 0. The molecule has 0 radical (unpaired) electrons. The highest BCUT2D eigenvalue weighted by molar-refractivity contribution is 5.86. The van der Waals surface area contributed by atoms with Gasteiger partial charge in [-0.15, -0.1) is 0 Å². The zero-order valence-corrected chi connectivity index (χ0v) is 15.2. The van der Waals surface area contributed by atoms with E-state index in [1.807, 2.05) is 13.8 Å². The van der Waals surface area contributed by atoms with Gasteiger partial charge in [0.1, 0.15) is 6.04 Å². The Labute approximate surface area is 148 Å². The van der Waals surface area contributed by atoms with Gasteiger partial charge in [0.25, 0.3) is 0 Å². The molecular weight excluding hydrogens is 306 g/mol. The largest absolute Gasteiger partial charge is 0.369 e. The van der Waals surface area contributed by atoms with Gasteiger partial charge in [0.05, 0.1) is 0 Å². The Hall–Kier alpha value is -1.85. The Morgan fingerprint density at radius 2 is 1.79 bits per heavy atom. The lowest BCUT2D eigenvalue weighted by atomic mass is 10.1. The number of amides is 3. The first-order chi connectivity index (χ1) is 11.4. The van der Waals surface area contributed by atoms with Gasteiger partial charge in [-0.25, -0.2) is 0 Å². The molecule has 0 spiro atoms. The third kappa shape index (κ3) is 10.0. The van der Waals surface area contributed by atoms with Crippen LogP contribution in [0.25, 0.3) is 0 Å². The zero-order valence-electron chi connectivity index (χ0n) is 15.2. The third-order valence-electron chi connectivity index (χ3n) is 3.92. The number of unbranched alkanes of at least 4 members (excludes halogenated alkanes) is 4. The van der Waals surface area contributed by atoms with Gasteiger partial charge >= 0.3 is 0 Å². The SMILES string of the molecule is CC.C[C@H](NC(=O)CCCCCC/C=C\[C@@H]1C[C@@H]1C(N)=O)C(N)=O.[HH].[HH]. The molecule has 3 amide bonds. The molecule has 0 heterocycles. The molecule has 1 aliphatic carbocycles. The Morgan fingerprint density at radius 3 is 2.33 bits per heavy atom. The molecule has 0 aromatic heterocycles. The maximum absolute atomic E-state index is 11.5. The number of carbonyl (C=O) groups excluding carboxylic acids is 3. The predicted octanol–water partition coefficient (Wildman–Crippen LogP) is 2.51. The molecule has 3 atom stereocenters. The van der Waals surface area contributed by atoms with Gasteiger partial charge in [-0.2, -0.15) is 0 Å². The van der Waals surface area contributed by atoms with E-state index in [0.717, 1.165) is 38.5 Å². The van der Waals surface area contributed by atoms with Crippen LogP contribution in [0.3, 0.4) is 0 Å². The summed E-state index contributed by atoms with van der Waals surface area (Å²) in [5.41, 5.74) is 10.3. The topological polar surface area (TPSA) is 115 Å². The Kier molecular flexibility index (Phi) is 11.6. The van der Waals surface area contributed by atoms with Crippen LogP contribution in [-0.2, 0) is 14.4 Å². The van der Waals surface area contributed by atoms with E-state index in [9.17, 15) is 14.4 Å². The van der Waals surface area contributed by atoms with Gasteiger partial charge in [0.2, 0.25) is 17.7 Å². The molecule has 0 saturated heterocycles. The molecule has 0 aromatic rings. The summed E-state index contributed by atoms with van der Waals surface area (Å²) in [6.07, 6.45) is 10.5. The number of allylic oxidation sites excluding steroid dienone is 2. The number of hydrogen-bond donors (Lipinski definition) is 3. The molecule has 0 aliphatic heterocycles. The molecule has 5 N–H and O–H groups in total. The van der Waals surface area contributed by atoms with Crippen LogP contribution in [0, 0.1) is 11.8 Å². The Bertz CT molecular complexity index is 445. The highest BCUT2D eigenvalue weighted by atomic mass is 16.2. The number of rotatable bonds is 11. The van der Waals surface area contributed by atoms with E-state index >= 15 is 0 Å². The van der Waals surface area contributed by atoms with Crippen molar-refractivity contribution >= 4 is 17.7 Å². The van der Waals surface area contributed by atoms with Crippen LogP contribution in [0.5, 0.6) is 0 Å². The minimum absolute atomic E-state index is 0. The summed E-state index contributed by atoms with van der Waals surface area (Å²) >= 11 is 0. The van der Waals surface area contributed by atoms with Gasteiger partial charge in [-0.3, -0.25) is 14.4 Å². The summed E-state index contributed by atoms with van der Waals surface area (Å²) < 4.78 is 0. The minimum Gasteiger partial charge on any atom is -0.369 e. The van der Waals surface area contributed by atoms with Crippen molar-refractivity contribution in [2.45, 2.75) is 71.8 Å². The number of nitrogens with one attached hydrogen (secondary N) is 1. The molecule has 1 aliphatic rings. The van der Waals surface area contributed by atoms with Crippen molar-refractivity contribution < 1.29 is 17.2 Å². The van der Waals surface area contributed by atoms with Crippen molar-refractivity contribution in [3.63, 3.8) is 0 Å². The lowest BCUT2D eigenvalue weighted by molar-refractivity contribution is -0.127. The molecule has 24 heavy (non-hydrogen) atoms. The molecule has 1 fully saturated rings. The van der Waals surface area contributed by atoms with Crippen molar-refractivity contribution in [3.8, 4) is 0 Å². The van der Waals surface area contributed by atoms with E-state index in [1.54, 1.807) is 6.92 Å². The van der Waals surface area contributed by atoms with Crippen molar-refractivity contribution in [2.75, 3.05) is 0 Å². The smallest absolute Gasteiger partial charge is 0.239 e. The summed E-state index contributed by atoms with van der Waals surface area (Å²) in [6.45, 7) is 5.58. The summed E-state index contributed by atoms with van der Waals surface area (Å²) in [6, 6.07) is -0.607. The van der Waals surface area contributed by atoms with Crippen LogP contribution < -0.4 is 16.8 Å². The second kappa shape index (κ2) is 12.6. The molecule has 0 aromatic carbocycles. The maximum Gasteiger partial charge on any atom is 0.239 e. The van der Waals surface area contributed by atoms with Crippen molar-refractivity contribution in [1.29, 1.82) is 0 Å². The number of hydrogen-bond acceptors (Lipinski definition) is 3. The van der Waals surface area contributed by atoms with E-state index < -0.39 is 11.9 Å². The van der Waals surface area contributed by atoms with Gasteiger partial charge < -0.3 is 16.8 Å². The van der Waals surface area contributed by atoms with Crippen molar-refractivity contribution in [1.82, 2.24) is 5.32 Å². The molecule has 142 valence electrons. The van der Waals surface area contributed by atoms with E-state index in [-0.39, 0.29) is 20.6 Å². The fourth-order valence-electron chi connectivity index (χ4n) is 2.31. The number of carbonyl (C=O) groups is 3. The second-order valence-corrected chi connectivity index (χ2v) is 5.98. The summed E-state index contributed by atoms with van der Waals surface area (Å²) in [5.74, 6) is -0.434. The van der Waals surface area contributed by atoms with E-state index in [4.69, 9.17) is 11.5 Å². The van der Waals surface area contributed by atoms with Crippen LogP contribution in [-0.4, -0.2) is 23.8 Å².